The molecular formula is C25H26F2N2O5. The summed E-state index contributed by atoms with van der Waals surface area (Å²) in [4.78, 5) is 37.4. The van der Waals surface area contributed by atoms with Gasteiger partial charge in [-0.25, -0.2) is 13.6 Å². The Morgan fingerprint density at radius 3 is 2.24 bits per heavy atom. The molecule has 0 bridgehead atoms. The van der Waals surface area contributed by atoms with Crippen LogP contribution in [0.4, 0.5) is 13.6 Å². The lowest BCUT2D eigenvalue weighted by molar-refractivity contribution is -0.151. The van der Waals surface area contributed by atoms with E-state index in [-0.39, 0.29) is 18.9 Å². The van der Waals surface area contributed by atoms with Gasteiger partial charge in [0.1, 0.15) is 18.6 Å². The SMILES string of the molecule is CCC[C@H](NC(=O)OCC1c2ccccc2-c2ccccc21)C(=O)N1CC(C(=O)O)C(F)(F)C1. The number of halogens is 2. The average molecular weight is 472 g/mol. The Hall–Kier alpha value is -3.49. The fraction of sp³-hybridized carbons (Fsp3) is 0.400. The highest BCUT2D eigenvalue weighted by Crippen LogP contribution is 2.44. The summed E-state index contributed by atoms with van der Waals surface area (Å²) in [5.41, 5.74) is 4.23. The number of amides is 2. The molecule has 2 aliphatic rings. The topological polar surface area (TPSA) is 95.9 Å². The molecule has 0 spiro atoms. The largest absolute Gasteiger partial charge is 0.481 e. The van der Waals surface area contributed by atoms with E-state index in [4.69, 9.17) is 9.84 Å². The summed E-state index contributed by atoms with van der Waals surface area (Å²) >= 11 is 0. The van der Waals surface area contributed by atoms with Crippen LogP contribution in [-0.2, 0) is 14.3 Å². The summed E-state index contributed by atoms with van der Waals surface area (Å²) in [6, 6.07) is 14.7. The number of likely N-dealkylation sites (tertiary alicyclic amines) is 1. The molecular weight excluding hydrogens is 446 g/mol. The summed E-state index contributed by atoms with van der Waals surface area (Å²) in [6.07, 6.45) is -0.107. The van der Waals surface area contributed by atoms with E-state index in [1.54, 1.807) is 6.92 Å². The highest BCUT2D eigenvalue weighted by molar-refractivity contribution is 5.87. The van der Waals surface area contributed by atoms with Gasteiger partial charge in [0.25, 0.3) is 5.92 Å². The number of nitrogens with zero attached hydrogens (tertiary/aromatic N) is 1. The normalized spacial score (nSPS) is 19.3. The minimum Gasteiger partial charge on any atom is -0.481 e. The molecule has 0 radical (unpaired) electrons. The van der Waals surface area contributed by atoms with Crippen molar-refractivity contribution >= 4 is 18.0 Å². The maximum absolute atomic E-state index is 14.0. The minimum absolute atomic E-state index is 0.0514. The minimum atomic E-state index is -3.53. The standard InChI is InChI=1S/C25H26F2N2O5/c1-2-7-21(22(30)29-12-20(23(31)32)25(26,27)14-29)28-24(33)34-13-19-17-10-5-3-8-15(17)16-9-4-6-11-18(16)19/h3-6,8-11,19-21H,2,7,12-14H2,1H3,(H,28,33)(H,31,32)/t20?,21-/m0/s1. The van der Waals surface area contributed by atoms with E-state index < -0.39 is 48.9 Å². The lowest BCUT2D eigenvalue weighted by atomic mass is 9.98. The highest BCUT2D eigenvalue weighted by atomic mass is 19.3. The molecule has 2 atom stereocenters. The smallest absolute Gasteiger partial charge is 0.407 e. The van der Waals surface area contributed by atoms with Gasteiger partial charge < -0.3 is 20.1 Å². The van der Waals surface area contributed by atoms with Gasteiger partial charge in [-0.05, 0) is 28.7 Å². The summed E-state index contributed by atoms with van der Waals surface area (Å²) in [7, 11) is 0. The predicted octanol–water partition coefficient (Wildman–Crippen LogP) is 3.87. The van der Waals surface area contributed by atoms with Gasteiger partial charge in [-0.2, -0.15) is 0 Å². The van der Waals surface area contributed by atoms with E-state index >= 15 is 0 Å². The second kappa shape index (κ2) is 9.40. The third-order valence-electron chi connectivity index (χ3n) is 6.44. The van der Waals surface area contributed by atoms with Crippen LogP contribution in [0.3, 0.4) is 0 Å². The molecule has 0 saturated carbocycles. The fourth-order valence-electron chi connectivity index (χ4n) is 4.76. The maximum Gasteiger partial charge on any atom is 0.407 e. The zero-order chi connectivity index (χ0) is 24.5. The molecule has 1 aliphatic carbocycles. The Kier molecular flexibility index (Phi) is 6.54. The van der Waals surface area contributed by atoms with E-state index in [0.29, 0.717) is 6.42 Å². The molecule has 7 nitrogen and oxygen atoms in total. The van der Waals surface area contributed by atoms with Crippen molar-refractivity contribution in [2.75, 3.05) is 19.7 Å². The Labute approximate surface area is 195 Å². The number of ether oxygens (including phenoxy) is 1. The van der Waals surface area contributed by atoms with Gasteiger partial charge in [0.2, 0.25) is 5.91 Å². The molecule has 180 valence electrons. The number of alkyl halides is 2. The van der Waals surface area contributed by atoms with Crippen molar-refractivity contribution in [3.63, 3.8) is 0 Å². The Morgan fingerprint density at radius 1 is 1.12 bits per heavy atom. The van der Waals surface area contributed by atoms with Crippen molar-refractivity contribution in [2.45, 2.75) is 37.6 Å². The van der Waals surface area contributed by atoms with Crippen molar-refractivity contribution < 1.29 is 33.0 Å². The molecule has 1 saturated heterocycles. The first kappa shape index (κ1) is 23.7. The second-order valence-corrected chi connectivity index (χ2v) is 8.68. The molecule has 1 heterocycles. The number of carboxylic acids is 1. The molecule has 1 fully saturated rings. The lowest BCUT2D eigenvalue weighted by Gasteiger charge is -2.24. The summed E-state index contributed by atoms with van der Waals surface area (Å²) in [5, 5.41) is 11.5. The molecule has 34 heavy (non-hydrogen) atoms. The van der Waals surface area contributed by atoms with Crippen molar-refractivity contribution in [2.24, 2.45) is 5.92 Å². The van der Waals surface area contributed by atoms with Crippen molar-refractivity contribution in [3.05, 3.63) is 59.7 Å². The molecule has 2 amide bonds. The van der Waals surface area contributed by atoms with Crippen LogP contribution in [0.2, 0.25) is 0 Å². The van der Waals surface area contributed by atoms with Crippen LogP contribution in [0.5, 0.6) is 0 Å². The van der Waals surface area contributed by atoms with E-state index in [0.717, 1.165) is 27.2 Å². The monoisotopic (exact) mass is 472 g/mol. The first-order chi connectivity index (χ1) is 16.2. The summed E-state index contributed by atoms with van der Waals surface area (Å²) in [5.74, 6) is -8.04. The Balaban J connectivity index is 1.41. The van der Waals surface area contributed by atoms with E-state index in [1.807, 2.05) is 48.5 Å². The number of hydrogen-bond acceptors (Lipinski definition) is 4. The van der Waals surface area contributed by atoms with E-state index in [9.17, 15) is 23.2 Å². The summed E-state index contributed by atoms with van der Waals surface area (Å²) in [6.45, 7) is 0.247. The number of nitrogens with one attached hydrogen (secondary N) is 1. The fourth-order valence-corrected chi connectivity index (χ4v) is 4.76. The van der Waals surface area contributed by atoms with Crippen LogP contribution in [-0.4, -0.2) is 59.6 Å². The van der Waals surface area contributed by atoms with E-state index in [2.05, 4.69) is 5.32 Å². The molecule has 2 N–H and O–H groups in total. The predicted molar refractivity (Wildman–Crippen MR) is 120 cm³/mol. The Bertz CT molecular complexity index is 1060. The van der Waals surface area contributed by atoms with Gasteiger partial charge in [0, 0.05) is 12.5 Å². The number of fused-ring (bicyclic) bond motifs is 3. The number of hydrogen-bond donors (Lipinski definition) is 2. The first-order valence-corrected chi connectivity index (χ1v) is 11.2. The summed E-state index contributed by atoms with van der Waals surface area (Å²) < 4.78 is 33.5. The molecule has 1 unspecified atom stereocenters. The van der Waals surface area contributed by atoms with Crippen molar-refractivity contribution in [3.8, 4) is 11.1 Å². The number of carbonyl (C=O) groups is 3. The van der Waals surface area contributed by atoms with Gasteiger partial charge in [0.15, 0.2) is 0 Å². The van der Waals surface area contributed by atoms with Crippen LogP contribution in [0.15, 0.2) is 48.5 Å². The molecule has 1 aliphatic heterocycles. The molecule has 2 aromatic carbocycles. The number of alkyl carbamates (subject to hydrolysis) is 1. The molecule has 9 heteroatoms. The van der Waals surface area contributed by atoms with Gasteiger partial charge in [-0.15, -0.1) is 0 Å². The Morgan fingerprint density at radius 2 is 1.71 bits per heavy atom. The number of rotatable bonds is 7. The van der Waals surface area contributed by atoms with Gasteiger partial charge >= 0.3 is 12.1 Å². The van der Waals surface area contributed by atoms with Crippen molar-refractivity contribution in [1.82, 2.24) is 10.2 Å². The molecule has 0 aromatic heterocycles. The van der Waals surface area contributed by atoms with Crippen LogP contribution < -0.4 is 5.32 Å². The van der Waals surface area contributed by atoms with E-state index in [1.165, 1.54) is 0 Å². The van der Waals surface area contributed by atoms with Crippen molar-refractivity contribution in [1.29, 1.82) is 0 Å². The lowest BCUT2D eigenvalue weighted by Crippen LogP contribution is -2.48. The number of benzene rings is 2. The average Bonchev–Trinajstić information content (AvgIpc) is 3.31. The third kappa shape index (κ3) is 4.47. The third-order valence-corrected chi connectivity index (χ3v) is 6.44. The van der Waals surface area contributed by atoms with Gasteiger partial charge in [0.05, 0.1) is 6.54 Å². The maximum atomic E-state index is 14.0. The van der Waals surface area contributed by atoms with Gasteiger partial charge in [-0.3, -0.25) is 9.59 Å². The molecule has 4 rings (SSSR count). The highest BCUT2D eigenvalue weighted by Gasteiger charge is 2.54. The van der Waals surface area contributed by atoms with Crippen LogP contribution in [0.1, 0.15) is 36.8 Å². The van der Waals surface area contributed by atoms with Crippen LogP contribution >= 0.6 is 0 Å². The quantitative estimate of drug-likeness (QED) is 0.638. The first-order valence-electron chi connectivity index (χ1n) is 11.2. The number of carboxylic acid groups (broad SMARTS) is 1. The molecule has 2 aromatic rings. The van der Waals surface area contributed by atoms with Crippen LogP contribution in [0.25, 0.3) is 11.1 Å². The van der Waals surface area contributed by atoms with Gasteiger partial charge in [-0.1, -0.05) is 61.9 Å². The zero-order valence-corrected chi connectivity index (χ0v) is 18.7. The number of aliphatic carboxylic acids is 1. The zero-order valence-electron chi connectivity index (χ0n) is 18.7. The van der Waals surface area contributed by atoms with Crippen LogP contribution in [0, 0.1) is 5.92 Å². The number of carbonyl (C=O) groups excluding carboxylic acids is 2. The second-order valence-electron chi connectivity index (χ2n) is 8.68.